The molecule has 0 radical (unpaired) electrons. The number of likely N-dealkylation sites (N-methyl/N-ethyl adjacent to an activating group) is 1. The van der Waals surface area contributed by atoms with Crippen LogP contribution >= 0.6 is 0 Å². The van der Waals surface area contributed by atoms with Gasteiger partial charge in [0, 0.05) is 31.6 Å². The van der Waals surface area contributed by atoms with E-state index < -0.39 is 0 Å². The Morgan fingerprint density at radius 3 is 2.59 bits per heavy atom. The average Bonchev–Trinajstić information content (AvgIpc) is 3.44. The summed E-state index contributed by atoms with van der Waals surface area (Å²) < 4.78 is 5.95. The molecular formula is C33H34N4O2. The first-order valence-corrected chi connectivity index (χ1v) is 13.1. The number of H-pyrrole nitrogens is 1. The Balaban J connectivity index is 1.44. The third kappa shape index (κ3) is 7.25. The van der Waals surface area contributed by atoms with Crippen molar-refractivity contribution in [1.82, 2.24) is 20.4 Å². The molecule has 0 fully saturated rings. The number of aromatic nitrogens is 2. The Bertz CT molecular complexity index is 1480. The van der Waals surface area contributed by atoms with E-state index in [0.29, 0.717) is 26.2 Å². The van der Waals surface area contributed by atoms with Crippen LogP contribution in [-0.2, 0) is 4.79 Å². The normalized spacial score (nSPS) is 11.8. The van der Waals surface area contributed by atoms with Gasteiger partial charge in [-0.2, -0.15) is 5.10 Å². The van der Waals surface area contributed by atoms with Crippen molar-refractivity contribution in [3.8, 4) is 18.1 Å². The first kappa shape index (κ1) is 27.4. The zero-order valence-electron chi connectivity index (χ0n) is 22.5. The second-order valence-electron chi connectivity index (χ2n) is 9.12. The molecule has 0 bridgehead atoms. The smallest absolute Gasteiger partial charge is 0.246 e. The molecule has 0 aliphatic rings. The Hall–Kier alpha value is -4.60. The zero-order valence-corrected chi connectivity index (χ0v) is 22.5. The van der Waals surface area contributed by atoms with Crippen molar-refractivity contribution in [3.05, 3.63) is 108 Å². The Kier molecular flexibility index (Phi) is 9.71. The molecule has 0 saturated carbocycles. The maximum atomic E-state index is 11.8. The standard InChI is InChI=1S/C33H34N4O2/c1-4-21-37(3)32(38)12-9-19-34-20-22-39-29-16-13-26(14-17-29)33(30(5-2)25-10-7-6-8-11-25)27-15-18-31-28(23-27)24-35-36-31/h1,6-18,23-24,34H,5,19-22H2,2-3H3,(H,35,36)/b12-9+,33-30+. The number of carbonyl (C=O) groups is 1. The minimum Gasteiger partial charge on any atom is -0.492 e. The number of allylic oxidation sites excluding steroid dienone is 1. The van der Waals surface area contributed by atoms with Crippen LogP contribution in [0.15, 0.2) is 91.1 Å². The Morgan fingerprint density at radius 1 is 1.08 bits per heavy atom. The van der Waals surface area contributed by atoms with Crippen molar-refractivity contribution in [1.29, 1.82) is 0 Å². The number of rotatable bonds is 12. The molecule has 198 valence electrons. The quantitative estimate of drug-likeness (QED) is 0.112. The molecule has 4 rings (SSSR count). The molecule has 1 aromatic heterocycles. The SMILES string of the molecule is C#CCN(C)C(=O)/C=C/CNCCOc1ccc(/C(=C(/CC)c2ccccc2)c2ccc3[nH]ncc3c2)cc1. The number of carbonyl (C=O) groups excluding carboxylic acids is 1. The number of aromatic amines is 1. The summed E-state index contributed by atoms with van der Waals surface area (Å²) in [7, 11) is 1.68. The molecular weight excluding hydrogens is 484 g/mol. The average molecular weight is 519 g/mol. The summed E-state index contributed by atoms with van der Waals surface area (Å²) in [6.07, 6.45) is 11.3. The zero-order chi connectivity index (χ0) is 27.5. The van der Waals surface area contributed by atoms with Crippen LogP contribution in [0.5, 0.6) is 5.75 Å². The number of hydrogen-bond acceptors (Lipinski definition) is 4. The number of terminal acetylenes is 1. The topological polar surface area (TPSA) is 70.2 Å². The van der Waals surface area contributed by atoms with Crippen molar-refractivity contribution in [2.24, 2.45) is 0 Å². The summed E-state index contributed by atoms with van der Waals surface area (Å²) >= 11 is 0. The van der Waals surface area contributed by atoms with Crippen LogP contribution < -0.4 is 10.1 Å². The molecule has 0 atom stereocenters. The number of benzene rings is 3. The van der Waals surface area contributed by atoms with E-state index in [9.17, 15) is 4.79 Å². The number of nitrogens with zero attached hydrogens (tertiary/aromatic N) is 2. The fraction of sp³-hybridized carbons (Fsp3) is 0.212. The molecule has 6 heteroatoms. The molecule has 0 spiro atoms. The van der Waals surface area contributed by atoms with E-state index in [1.807, 2.05) is 24.4 Å². The molecule has 6 nitrogen and oxygen atoms in total. The first-order chi connectivity index (χ1) is 19.1. The fourth-order valence-electron chi connectivity index (χ4n) is 4.42. The molecule has 4 aromatic rings. The predicted molar refractivity (Wildman–Crippen MR) is 159 cm³/mol. The summed E-state index contributed by atoms with van der Waals surface area (Å²) in [5.41, 5.74) is 7.01. The summed E-state index contributed by atoms with van der Waals surface area (Å²) in [5.74, 6) is 3.16. The molecule has 0 aliphatic heterocycles. The molecule has 39 heavy (non-hydrogen) atoms. The van der Waals surface area contributed by atoms with Gasteiger partial charge in [0.15, 0.2) is 0 Å². The lowest BCUT2D eigenvalue weighted by Crippen LogP contribution is -2.25. The van der Waals surface area contributed by atoms with Crippen LogP contribution in [0.3, 0.4) is 0 Å². The summed E-state index contributed by atoms with van der Waals surface area (Å²) in [4.78, 5) is 13.3. The largest absolute Gasteiger partial charge is 0.492 e. The van der Waals surface area contributed by atoms with Crippen molar-refractivity contribution >= 4 is 28.0 Å². The molecule has 1 amide bonds. The maximum Gasteiger partial charge on any atom is 0.246 e. The second kappa shape index (κ2) is 13.8. The van der Waals surface area contributed by atoms with Gasteiger partial charge < -0.3 is 15.0 Å². The Labute approximate surface area is 230 Å². The Morgan fingerprint density at radius 2 is 1.85 bits per heavy atom. The first-order valence-electron chi connectivity index (χ1n) is 13.1. The van der Waals surface area contributed by atoms with Crippen LogP contribution in [0.4, 0.5) is 0 Å². The van der Waals surface area contributed by atoms with Crippen LogP contribution in [-0.4, -0.2) is 54.3 Å². The van der Waals surface area contributed by atoms with Gasteiger partial charge in [0.2, 0.25) is 5.91 Å². The van der Waals surface area contributed by atoms with E-state index in [-0.39, 0.29) is 5.91 Å². The van der Waals surface area contributed by atoms with Gasteiger partial charge in [0.25, 0.3) is 0 Å². The lowest BCUT2D eigenvalue weighted by molar-refractivity contribution is -0.124. The van der Waals surface area contributed by atoms with Crippen LogP contribution in [0.25, 0.3) is 22.0 Å². The van der Waals surface area contributed by atoms with Crippen molar-refractivity contribution < 1.29 is 9.53 Å². The summed E-state index contributed by atoms with van der Waals surface area (Å²) in [5, 5.41) is 11.6. The van der Waals surface area contributed by atoms with Gasteiger partial charge in [-0.3, -0.25) is 9.89 Å². The number of fused-ring (bicyclic) bond motifs is 1. The molecule has 0 aliphatic carbocycles. The van der Waals surface area contributed by atoms with Gasteiger partial charge in [0.05, 0.1) is 18.3 Å². The van der Waals surface area contributed by atoms with E-state index in [1.54, 1.807) is 13.1 Å². The van der Waals surface area contributed by atoms with Gasteiger partial charge >= 0.3 is 0 Å². The van der Waals surface area contributed by atoms with Crippen molar-refractivity contribution in [3.63, 3.8) is 0 Å². The lowest BCUT2D eigenvalue weighted by Gasteiger charge is -2.17. The van der Waals surface area contributed by atoms with Crippen molar-refractivity contribution in [2.45, 2.75) is 13.3 Å². The van der Waals surface area contributed by atoms with E-state index in [4.69, 9.17) is 11.2 Å². The fourth-order valence-corrected chi connectivity index (χ4v) is 4.42. The summed E-state index contributed by atoms with van der Waals surface area (Å²) in [6.45, 7) is 4.25. The molecule has 0 saturated heterocycles. The minimum atomic E-state index is -0.109. The monoisotopic (exact) mass is 518 g/mol. The van der Waals surface area contributed by atoms with Crippen molar-refractivity contribution in [2.75, 3.05) is 33.3 Å². The molecule has 2 N–H and O–H groups in total. The molecule has 0 unspecified atom stereocenters. The van der Waals surface area contributed by atoms with Gasteiger partial charge in [-0.05, 0) is 58.5 Å². The third-order valence-corrected chi connectivity index (χ3v) is 6.42. The summed E-state index contributed by atoms with van der Waals surface area (Å²) in [6, 6.07) is 25.3. The molecule has 3 aromatic carbocycles. The maximum absolute atomic E-state index is 11.8. The highest BCUT2D eigenvalue weighted by Crippen LogP contribution is 2.36. The second-order valence-corrected chi connectivity index (χ2v) is 9.12. The predicted octanol–water partition coefficient (Wildman–Crippen LogP) is 5.55. The van der Waals surface area contributed by atoms with Crippen LogP contribution in [0.2, 0.25) is 0 Å². The van der Waals surface area contributed by atoms with E-state index >= 15 is 0 Å². The highest BCUT2D eigenvalue weighted by Gasteiger charge is 2.14. The van der Waals surface area contributed by atoms with Gasteiger partial charge in [-0.1, -0.05) is 67.5 Å². The van der Waals surface area contributed by atoms with Gasteiger partial charge in [-0.15, -0.1) is 6.42 Å². The van der Waals surface area contributed by atoms with Gasteiger partial charge in [-0.25, -0.2) is 0 Å². The number of amides is 1. The molecule has 1 heterocycles. The number of hydrogen-bond donors (Lipinski definition) is 2. The third-order valence-electron chi connectivity index (χ3n) is 6.42. The van der Waals surface area contributed by atoms with Crippen LogP contribution in [0, 0.1) is 12.3 Å². The van der Waals surface area contributed by atoms with Gasteiger partial charge in [0.1, 0.15) is 12.4 Å². The van der Waals surface area contributed by atoms with E-state index in [2.05, 4.69) is 83.0 Å². The highest BCUT2D eigenvalue weighted by atomic mass is 16.5. The highest BCUT2D eigenvalue weighted by molar-refractivity contribution is 6.00. The van der Waals surface area contributed by atoms with Crippen LogP contribution in [0.1, 0.15) is 30.0 Å². The van der Waals surface area contributed by atoms with E-state index in [1.165, 1.54) is 27.7 Å². The number of nitrogens with one attached hydrogen (secondary N) is 2. The minimum absolute atomic E-state index is 0.109. The lowest BCUT2D eigenvalue weighted by atomic mass is 9.88. The number of ether oxygens (including phenoxy) is 1. The van der Waals surface area contributed by atoms with E-state index in [0.717, 1.165) is 34.2 Å².